The van der Waals surface area contributed by atoms with Gasteiger partial charge in [-0.2, -0.15) is 5.26 Å². The van der Waals surface area contributed by atoms with Crippen LogP contribution in [0.15, 0.2) is 40.4 Å². The smallest absolute Gasteiger partial charge is 0.266 e. The molecule has 1 amide bonds. The van der Waals surface area contributed by atoms with Crippen molar-refractivity contribution in [2.45, 2.75) is 20.8 Å². The van der Waals surface area contributed by atoms with E-state index >= 15 is 0 Å². The highest BCUT2D eigenvalue weighted by atomic mass is 79.9. The number of amides is 1. The lowest BCUT2D eigenvalue weighted by molar-refractivity contribution is -0.112. The van der Waals surface area contributed by atoms with Crippen LogP contribution in [0.5, 0.6) is 11.5 Å². The Morgan fingerprint density at radius 1 is 1.30 bits per heavy atom. The molecule has 140 valence electrons. The number of methoxy groups -OCH3 is 1. The highest BCUT2D eigenvalue weighted by molar-refractivity contribution is 9.10. The molecule has 0 saturated heterocycles. The van der Waals surface area contributed by atoms with Crippen LogP contribution in [0.4, 0.5) is 5.69 Å². The Bertz CT molecular complexity index is 930. The standard InChI is InChI=1S/C21H21BrN2O3/c1-5-27-19-11-15(10-17(22)20(19)26-4)9-16(12-23)21(25)24-18-7-6-13(2)8-14(18)3/h6-11H,5H2,1-4H3,(H,24,25)/b16-9+. The van der Waals surface area contributed by atoms with Crippen molar-refractivity contribution in [3.63, 3.8) is 0 Å². The molecular weight excluding hydrogens is 408 g/mol. The number of aryl methyl sites for hydroxylation is 2. The molecule has 2 aromatic rings. The fourth-order valence-corrected chi connectivity index (χ4v) is 3.21. The van der Waals surface area contributed by atoms with E-state index in [1.54, 1.807) is 19.2 Å². The van der Waals surface area contributed by atoms with Gasteiger partial charge in [0.25, 0.3) is 5.91 Å². The molecule has 0 aliphatic rings. The summed E-state index contributed by atoms with van der Waals surface area (Å²) in [5, 5.41) is 12.2. The second-order valence-corrected chi connectivity index (χ2v) is 6.76. The van der Waals surface area contributed by atoms with Gasteiger partial charge in [0, 0.05) is 5.69 Å². The summed E-state index contributed by atoms with van der Waals surface area (Å²) in [4.78, 5) is 12.5. The summed E-state index contributed by atoms with van der Waals surface area (Å²) < 4.78 is 11.6. The molecule has 0 bridgehead atoms. The lowest BCUT2D eigenvalue weighted by Crippen LogP contribution is -2.14. The molecule has 0 aliphatic heterocycles. The summed E-state index contributed by atoms with van der Waals surface area (Å²) in [7, 11) is 1.55. The van der Waals surface area contributed by atoms with Crippen LogP contribution < -0.4 is 14.8 Å². The van der Waals surface area contributed by atoms with Gasteiger partial charge in [-0.05, 0) is 72.1 Å². The fraction of sp³-hybridized carbons (Fsp3) is 0.238. The van der Waals surface area contributed by atoms with Gasteiger partial charge in [-0.25, -0.2) is 0 Å². The maximum Gasteiger partial charge on any atom is 0.266 e. The normalized spacial score (nSPS) is 10.9. The van der Waals surface area contributed by atoms with Gasteiger partial charge in [0.15, 0.2) is 11.5 Å². The van der Waals surface area contributed by atoms with Crippen LogP contribution in [-0.2, 0) is 4.79 Å². The summed E-state index contributed by atoms with van der Waals surface area (Å²) in [6.07, 6.45) is 1.52. The first-order valence-electron chi connectivity index (χ1n) is 8.40. The number of benzene rings is 2. The van der Waals surface area contributed by atoms with Crippen molar-refractivity contribution in [3.8, 4) is 17.6 Å². The van der Waals surface area contributed by atoms with Gasteiger partial charge in [0.05, 0.1) is 18.2 Å². The third-order valence-corrected chi connectivity index (χ3v) is 4.43. The molecule has 0 fully saturated rings. The van der Waals surface area contributed by atoms with E-state index in [9.17, 15) is 10.1 Å². The van der Waals surface area contributed by atoms with E-state index in [2.05, 4.69) is 21.2 Å². The molecule has 0 aliphatic carbocycles. The molecule has 27 heavy (non-hydrogen) atoms. The summed E-state index contributed by atoms with van der Waals surface area (Å²) in [5.41, 5.74) is 3.37. The quantitative estimate of drug-likeness (QED) is 0.517. The van der Waals surface area contributed by atoms with Crippen LogP contribution >= 0.6 is 15.9 Å². The third kappa shape index (κ3) is 5.11. The summed E-state index contributed by atoms with van der Waals surface area (Å²) in [6, 6.07) is 11.2. The Kier molecular flexibility index (Phi) is 7.03. The number of hydrogen-bond acceptors (Lipinski definition) is 4. The molecule has 1 N–H and O–H groups in total. The molecule has 0 unspecified atom stereocenters. The number of anilines is 1. The highest BCUT2D eigenvalue weighted by Gasteiger charge is 2.14. The maximum absolute atomic E-state index is 12.5. The first kappa shape index (κ1) is 20.5. The minimum atomic E-state index is -0.464. The van der Waals surface area contributed by atoms with Crippen LogP contribution in [0, 0.1) is 25.2 Å². The number of nitriles is 1. The van der Waals surface area contributed by atoms with Gasteiger partial charge < -0.3 is 14.8 Å². The van der Waals surface area contributed by atoms with Gasteiger partial charge in [0.1, 0.15) is 11.6 Å². The maximum atomic E-state index is 12.5. The number of carbonyl (C=O) groups is 1. The van der Waals surface area contributed by atoms with Crippen molar-refractivity contribution < 1.29 is 14.3 Å². The van der Waals surface area contributed by atoms with Crippen molar-refractivity contribution in [1.29, 1.82) is 5.26 Å². The summed E-state index contributed by atoms with van der Waals surface area (Å²) in [6.45, 7) is 6.23. The van der Waals surface area contributed by atoms with Gasteiger partial charge >= 0.3 is 0 Å². The fourth-order valence-electron chi connectivity index (χ4n) is 2.59. The van der Waals surface area contributed by atoms with E-state index in [1.165, 1.54) is 6.08 Å². The number of rotatable bonds is 6. The predicted molar refractivity (Wildman–Crippen MR) is 110 cm³/mol. The number of nitrogens with one attached hydrogen (secondary N) is 1. The predicted octanol–water partition coefficient (Wildman–Crippen LogP) is 5.02. The number of ether oxygens (including phenoxy) is 2. The number of nitrogens with zero attached hydrogens (tertiary/aromatic N) is 1. The van der Waals surface area contributed by atoms with Crippen LogP contribution in [0.1, 0.15) is 23.6 Å². The Morgan fingerprint density at radius 2 is 2.04 bits per heavy atom. The van der Waals surface area contributed by atoms with Crippen LogP contribution in [0.3, 0.4) is 0 Å². The SMILES string of the molecule is CCOc1cc(/C=C(\C#N)C(=O)Nc2ccc(C)cc2C)cc(Br)c1OC. The van der Waals surface area contributed by atoms with Gasteiger partial charge in [-0.15, -0.1) is 0 Å². The zero-order valence-electron chi connectivity index (χ0n) is 15.7. The van der Waals surface area contributed by atoms with E-state index in [0.29, 0.717) is 33.8 Å². The molecule has 0 saturated carbocycles. The minimum absolute atomic E-state index is 0.00510. The highest BCUT2D eigenvalue weighted by Crippen LogP contribution is 2.37. The van der Waals surface area contributed by atoms with Gasteiger partial charge in [-0.1, -0.05) is 17.7 Å². The number of carbonyl (C=O) groups excluding carboxylic acids is 1. The van der Waals surface area contributed by atoms with Crippen molar-refractivity contribution in [2.75, 3.05) is 19.0 Å². The Labute approximate surface area is 167 Å². The average molecular weight is 429 g/mol. The Balaban J connectivity index is 2.34. The first-order valence-corrected chi connectivity index (χ1v) is 9.19. The van der Waals surface area contributed by atoms with Crippen LogP contribution in [0.25, 0.3) is 6.08 Å². The lowest BCUT2D eigenvalue weighted by atomic mass is 10.1. The van der Waals surface area contributed by atoms with E-state index in [0.717, 1.165) is 11.1 Å². The largest absolute Gasteiger partial charge is 0.492 e. The molecule has 2 rings (SSSR count). The monoisotopic (exact) mass is 428 g/mol. The first-order chi connectivity index (χ1) is 12.9. The van der Waals surface area contributed by atoms with E-state index in [4.69, 9.17) is 9.47 Å². The lowest BCUT2D eigenvalue weighted by Gasteiger charge is -2.12. The molecule has 0 heterocycles. The topological polar surface area (TPSA) is 71.3 Å². The van der Waals surface area contributed by atoms with Crippen LogP contribution in [0.2, 0.25) is 0 Å². The Hall–Kier alpha value is -2.78. The summed E-state index contributed by atoms with van der Waals surface area (Å²) >= 11 is 3.43. The molecule has 2 aromatic carbocycles. The van der Waals surface area contributed by atoms with E-state index in [1.807, 2.05) is 45.0 Å². The molecule has 0 spiro atoms. The van der Waals surface area contributed by atoms with Gasteiger partial charge in [-0.3, -0.25) is 4.79 Å². The number of hydrogen-bond donors (Lipinski definition) is 1. The minimum Gasteiger partial charge on any atom is -0.492 e. The average Bonchev–Trinajstić information content (AvgIpc) is 2.62. The molecule has 0 aromatic heterocycles. The molecular formula is C21H21BrN2O3. The Morgan fingerprint density at radius 3 is 2.63 bits per heavy atom. The summed E-state index contributed by atoms with van der Waals surface area (Å²) in [5.74, 6) is 0.634. The molecule has 5 nitrogen and oxygen atoms in total. The van der Waals surface area contributed by atoms with Crippen molar-refractivity contribution in [2.24, 2.45) is 0 Å². The third-order valence-electron chi connectivity index (χ3n) is 3.84. The second-order valence-electron chi connectivity index (χ2n) is 5.91. The van der Waals surface area contributed by atoms with Crippen molar-refractivity contribution >= 4 is 33.6 Å². The molecule has 0 atom stereocenters. The molecule has 0 radical (unpaired) electrons. The second kappa shape index (κ2) is 9.24. The van der Waals surface area contributed by atoms with E-state index < -0.39 is 5.91 Å². The zero-order valence-corrected chi connectivity index (χ0v) is 17.3. The van der Waals surface area contributed by atoms with E-state index in [-0.39, 0.29) is 5.57 Å². The number of halogens is 1. The van der Waals surface area contributed by atoms with Gasteiger partial charge in [0.2, 0.25) is 0 Å². The zero-order chi connectivity index (χ0) is 20.0. The molecule has 6 heteroatoms. The van der Waals surface area contributed by atoms with Crippen molar-refractivity contribution in [3.05, 3.63) is 57.1 Å². The van der Waals surface area contributed by atoms with Crippen LogP contribution in [-0.4, -0.2) is 19.6 Å². The van der Waals surface area contributed by atoms with Crippen molar-refractivity contribution in [1.82, 2.24) is 0 Å².